The van der Waals surface area contributed by atoms with Crippen LogP contribution >= 0.6 is 0 Å². The molecule has 1 aromatic rings. The van der Waals surface area contributed by atoms with Crippen molar-refractivity contribution in [3.05, 3.63) is 29.6 Å². The van der Waals surface area contributed by atoms with E-state index in [1.54, 1.807) is 19.1 Å². The molecule has 0 aliphatic carbocycles. The summed E-state index contributed by atoms with van der Waals surface area (Å²) in [6, 6.07) is 4.85. The van der Waals surface area contributed by atoms with Crippen molar-refractivity contribution >= 4 is 11.8 Å². The second kappa shape index (κ2) is 6.73. The van der Waals surface area contributed by atoms with Gasteiger partial charge in [-0.05, 0) is 37.5 Å². The molecule has 1 atom stereocenters. The van der Waals surface area contributed by atoms with Gasteiger partial charge in [0.25, 0.3) is 0 Å². The summed E-state index contributed by atoms with van der Waals surface area (Å²) < 4.78 is 18.9. The molecule has 2 rings (SSSR count). The standard InChI is InChI=1S/C16H22FNO2/c1-3-4-5-6-7-14-11-18(16(19)20-14)13-9-8-12(2)15(17)10-13/h8-10,14H,3-7,11H2,1-2H3. The molecule has 1 aliphatic heterocycles. The second-order valence-electron chi connectivity index (χ2n) is 5.40. The topological polar surface area (TPSA) is 29.5 Å². The summed E-state index contributed by atoms with van der Waals surface area (Å²) in [6.07, 6.45) is 5.10. The lowest BCUT2D eigenvalue weighted by atomic mass is 10.1. The van der Waals surface area contributed by atoms with Gasteiger partial charge in [-0.2, -0.15) is 0 Å². The van der Waals surface area contributed by atoms with Gasteiger partial charge in [-0.25, -0.2) is 9.18 Å². The predicted molar refractivity (Wildman–Crippen MR) is 77.5 cm³/mol. The van der Waals surface area contributed by atoms with E-state index >= 15 is 0 Å². The average Bonchev–Trinajstić information content (AvgIpc) is 2.79. The highest BCUT2D eigenvalue weighted by Gasteiger charge is 2.32. The first-order valence-electron chi connectivity index (χ1n) is 7.36. The number of aryl methyl sites for hydroxylation is 1. The Morgan fingerprint density at radius 2 is 2.15 bits per heavy atom. The van der Waals surface area contributed by atoms with Crippen molar-refractivity contribution < 1.29 is 13.9 Å². The van der Waals surface area contributed by atoms with Crippen LogP contribution in [0.4, 0.5) is 14.9 Å². The molecule has 0 N–H and O–H groups in total. The van der Waals surface area contributed by atoms with Crippen molar-refractivity contribution in [1.82, 2.24) is 0 Å². The third-order valence-electron chi connectivity index (χ3n) is 3.72. The molecular formula is C16H22FNO2. The molecular weight excluding hydrogens is 257 g/mol. The van der Waals surface area contributed by atoms with Crippen LogP contribution < -0.4 is 4.90 Å². The zero-order valence-corrected chi connectivity index (χ0v) is 12.2. The van der Waals surface area contributed by atoms with E-state index < -0.39 is 0 Å². The Balaban J connectivity index is 1.93. The fourth-order valence-electron chi connectivity index (χ4n) is 2.43. The lowest BCUT2D eigenvalue weighted by molar-refractivity contribution is 0.135. The normalized spacial score (nSPS) is 18.4. The minimum absolute atomic E-state index is 0.0660. The smallest absolute Gasteiger partial charge is 0.414 e. The lowest BCUT2D eigenvalue weighted by Crippen LogP contribution is -2.24. The van der Waals surface area contributed by atoms with Gasteiger partial charge in [0, 0.05) is 0 Å². The second-order valence-corrected chi connectivity index (χ2v) is 5.40. The van der Waals surface area contributed by atoms with Crippen LogP contribution in [0.3, 0.4) is 0 Å². The fourth-order valence-corrected chi connectivity index (χ4v) is 2.43. The summed E-state index contributed by atoms with van der Waals surface area (Å²) in [7, 11) is 0. The molecule has 1 fully saturated rings. The van der Waals surface area contributed by atoms with Crippen molar-refractivity contribution in [2.45, 2.75) is 52.1 Å². The van der Waals surface area contributed by atoms with Crippen molar-refractivity contribution in [3.63, 3.8) is 0 Å². The Hall–Kier alpha value is -1.58. The van der Waals surface area contributed by atoms with Crippen molar-refractivity contribution in [3.8, 4) is 0 Å². The minimum atomic E-state index is -0.367. The van der Waals surface area contributed by atoms with Crippen molar-refractivity contribution in [1.29, 1.82) is 0 Å². The first-order chi connectivity index (χ1) is 9.61. The third-order valence-corrected chi connectivity index (χ3v) is 3.72. The monoisotopic (exact) mass is 279 g/mol. The van der Waals surface area contributed by atoms with Gasteiger partial charge in [-0.1, -0.05) is 32.3 Å². The summed E-state index contributed by atoms with van der Waals surface area (Å²) in [4.78, 5) is 13.4. The van der Waals surface area contributed by atoms with Crippen LogP contribution in [0.25, 0.3) is 0 Å². The van der Waals surface area contributed by atoms with Gasteiger partial charge in [-0.15, -0.1) is 0 Å². The molecule has 20 heavy (non-hydrogen) atoms. The number of nitrogens with zero attached hydrogens (tertiary/aromatic N) is 1. The van der Waals surface area contributed by atoms with Gasteiger partial charge in [-0.3, -0.25) is 4.90 Å². The Morgan fingerprint density at radius 3 is 2.85 bits per heavy atom. The van der Waals surface area contributed by atoms with Crippen LogP contribution in [0, 0.1) is 12.7 Å². The number of halogens is 1. The van der Waals surface area contributed by atoms with Crippen LogP contribution in [0.1, 0.15) is 44.6 Å². The number of ether oxygens (including phenoxy) is 1. The molecule has 110 valence electrons. The SMILES string of the molecule is CCCCCCC1CN(c2ccc(C)c(F)c2)C(=O)O1. The number of amides is 1. The molecule has 0 bridgehead atoms. The number of carbonyl (C=O) groups excluding carboxylic acids is 1. The van der Waals surface area contributed by atoms with Gasteiger partial charge in [0.15, 0.2) is 0 Å². The highest BCUT2D eigenvalue weighted by molar-refractivity contribution is 5.89. The number of benzene rings is 1. The van der Waals surface area contributed by atoms with E-state index in [1.165, 1.54) is 30.2 Å². The average molecular weight is 279 g/mol. The molecule has 0 radical (unpaired) electrons. The quantitative estimate of drug-likeness (QED) is 0.721. The molecule has 1 aromatic carbocycles. The van der Waals surface area contributed by atoms with E-state index in [2.05, 4.69) is 6.92 Å². The highest BCUT2D eigenvalue weighted by Crippen LogP contribution is 2.25. The first kappa shape index (κ1) is 14.8. The number of cyclic esters (lactones) is 1. The number of rotatable bonds is 6. The maximum atomic E-state index is 13.6. The van der Waals surface area contributed by atoms with E-state index in [4.69, 9.17) is 4.74 Å². The zero-order valence-electron chi connectivity index (χ0n) is 12.2. The number of hydrogen-bond acceptors (Lipinski definition) is 2. The summed E-state index contributed by atoms with van der Waals surface area (Å²) in [5, 5.41) is 0. The van der Waals surface area contributed by atoms with E-state index in [-0.39, 0.29) is 18.0 Å². The van der Waals surface area contributed by atoms with E-state index in [9.17, 15) is 9.18 Å². The van der Waals surface area contributed by atoms with Crippen LogP contribution in [0.2, 0.25) is 0 Å². The Labute approximate surface area is 119 Å². The molecule has 1 saturated heterocycles. The molecule has 0 aromatic heterocycles. The number of hydrogen-bond donors (Lipinski definition) is 0. The van der Waals surface area contributed by atoms with E-state index in [1.807, 2.05) is 0 Å². The van der Waals surface area contributed by atoms with E-state index in [0.29, 0.717) is 17.8 Å². The van der Waals surface area contributed by atoms with Gasteiger partial charge >= 0.3 is 6.09 Å². The number of unbranched alkanes of at least 4 members (excludes halogenated alkanes) is 3. The summed E-state index contributed by atoms with van der Waals surface area (Å²) in [5.41, 5.74) is 1.16. The molecule has 1 aliphatic rings. The van der Waals surface area contributed by atoms with Gasteiger partial charge in [0.1, 0.15) is 11.9 Å². The largest absolute Gasteiger partial charge is 0.444 e. The van der Waals surface area contributed by atoms with E-state index in [0.717, 1.165) is 12.8 Å². The third kappa shape index (κ3) is 3.50. The van der Waals surface area contributed by atoms with Crippen LogP contribution in [0.5, 0.6) is 0 Å². The fraction of sp³-hybridized carbons (Fsp3) is 0.562. The Morgan fingerprint density at radius 1 is 1.35 bits per heavy atom. The van der Waals surface area contributed by atoms with Gasteiger partial charge in [0.05, 0.1) is 12.2 Å². The Bertz CT molecular complexity index is 476. The van der Waals surface area contributed by atoms with Crippen LogP contribution in [-0.4, -0.2) is 18.7 Å². The molecule has 1 amide bonds. The first-order valence-corrected chi connectivity index (χ1v) is 7.36. The predicted octanol–water partition coefficient (Wildman–Crippen LogP) is 4.43. The van der Waals surface area contributed by atoms with Gasteiger partial charge < -0.3 is 4.74 Å². The van der Waals surface area contributed by atoms with Crippen molar-refractivity contribution in [2.24, 2.45) is 0 Å². The highest BCUT2D eigenvalue weighted by atomic mass is 19.1. The molecule has 4 heteroatoms. The number of anilines is 1. The number of carbonyl (C=O) groups is 1. The maximum absolute atomic E-state index is 13.6. The molecule has 1 unspecified atom stereocenters. The Kier molecular flexibility index (Phi) is 4.99. The summed E-state index contributed by atoms with van der Waals surface area (Å²) >= 11 is 0. The maximum Gasteiger partial charge on any atom is 0.414 e. The van der Waals surface area contributed by atoms with Crippen LogP contribution in [0.15, 0.2) is 18.2 Å². The minimum Gasteiger partial charge on any atom is -0.444 e. The molecule has 1 heterocycles. The molecule has 3 nitrogen and oxygen atoms in total. The lowest BCUT2D eigenvalue weighted by Gasteiger charge is -2.13. The van der Waals surface area contributed by atoms with Crippen molar-refractivity contribution in [2.75, 3.05) is 11.4 Å². The summed E-state index contributed by atoms with van der Waals surface area (Å²) in [5.74, 6) is -0.290. The summed E-state index contributed by atoms with van der Waals surface area (Å²) in [6.45, 7) is 4.40. The van der Waals surface area contributed by atoms with Gasteiger partial charge in [0.2, 0.25) is 0 Å². The zero-order chi connectivity index (χ0) is 14.5. The van der Waals surface area contributed by atoms with Crippen LogP contribution in [-0.2, 0) is 4.74 Å². The molecule has 0 spiro atoms. The molecule has 0 saturated carbocycles.